The molecule has 0 radical (unpaired) electrons. The van der Waals surface area contributed by atoms with Crippen molar-refractivity contribution in [2.45, 2.75) is 43.0 Å². The fourth-order valence-electron chi connectivity index (χ4n) is 4.08. The van der Waals surface area contributed by atoms with E-state index in [-0.39, 0.29) is 22.4 Å². The van der Waals surface area contributed by atoms with E-state index < -0.39 is 26.0 Å². The van der Waals surface area contributed by atoms with Gasteiger partial charge in [-0.1, -0.05) is 17.7 Å². The minimum absolute atomic E-state index is 0.108. The number of nitrogens with one attached hydrogen (secondary N) is 2. The van der Waals surface area contributed by atoms with Crippen molar-refractivity contribution in [2.75, 3.05) is 22.8 Å². The zero-order valence-electron chi connectivity index (χ0n) is 21.1. The van der Waals surface area contributed by atoms with E-state index in [4.69, 9.17) is 16.3 Å². The third-order valence-electron chi connectivity index (χ3n) is 5.83. The summed E-state index contributed by atoms with van der Waals surface area (Å²) < 4.78 is 60.6. The second-order valence-corrected chi connectivity index (χ2v) is 13.2. The van der Waals surface area contributed by atoms with Gasteiger partial charge in [-0.15, -0.1) is 0 Å². The van der Waals surface area contributed by atoms with Crippen molar-refractivity contribution in [1.29, 1.82) is 0 Å². The van der Waals surface area contributed by atoms with Gasteiger partial charge < -0.3 is 10.1 Å². The summed E-state index contributed by atoms with van der Waals surface area (Å²) in [5.74, 6) is -0.0783. The molecule has 12 heteroatoms. The van der Waals surface area contributed by atoms with Crippen molar-refractivity contribution in [3.05, 3.63) is 76.8 Å². The molecule has 1 aliphatic rings. The summed E-state index contributed by atoms with van der Waals surface area (Å²) in [6.45, 7) is 5.13. The molecule has 0 unspecified atom stereocenters. The number of benzene rings is 3. The quantitative estimate of drug-likeness (QED) is 0.395. The Labute approximate surface area is 227 Å². The molecule has 0 saturated carbocycles. The van der Waals surface area contributed by atoms with Gasteiger partial charge in [0.15, 0.2) is 6.61 Å². The smallest absolute Gasteiger partial charge is 0.264 e. The van der Waals surface area contributed by atoms with Crippen LogP contribution < -0.4 is 19.1 Å². The number of anilines is 2. The lowest BCUT2D eigenvalue weighted by atomic mass is 10.1. The number of fused-ring (bicyclic) bond motifs is 1. The van der Waals surface area contributed by atoms with Crippen molar-refractivity contribution in [3.8, 4) is 5.75 Å². The Morgan fingerprint density at radius 2 is 1.68 bits per heavy atom. The van der Waals surface area contributed by atoms with Crippen molar-refractivity contribution in [3.63, 3.8) is 0 Å². The lowest BCUT2D eigenvalue weighted by Crippen LogP contribution is -2.30. The highest BCUT2D eigenvalue weighted by atomic mass is 35.5. The minimum atomic E-state index is -3.80. The normalized spacial score (nSPS) is 13.4. The molecule has 4 rings (SSSR count). The first-order valence-electron chi connectivity index (χ1n) is 11.8. The Bertz CT molecular complexity index is 1570. The second kappa shape index (κ2) is 10.9. The van der Waals surface area contributed by atoms with E-state index in [1.54, 1.807) is 39.0 Å². The van der Waals surface area contributed by atoms with Crippen LogP contribution in [0.5, 0.6) is 5.75 Å². The SMILES string of the molecule is Cc1cc(S(=O)(=O)NC(C)C)ccc1OCC(=O)Nc1ccc2c(c1)N(S(=O)(=O)c1ccc(Cl)cc1)CC2. The van der Waals surface area contributed by atoms with E-state index in [9.17, 15) is 21.6 Å². The summed E-state index contributed by atoms with van der Waals surface area (Å²) >= 11 is 5.90. The first-order chi connectivity index (χ1) is 17.9. The maximum absolute atomic E-state index is 13.2. The van der Waals surface area contributed by atoms with Crippen LogP contribution in [-0.4, -0.2) is 41.9 Å². The summed E-state index contributed by atoms with van der Waals surface area (Å²) in [4.78, 5) is 12.8. The summed E-state index contributed by atoms with van der Waals surface area (Å²) in [5.41, 5.74) is 2.34. The maximum Gasteiger partial charge on any atom is 0.264 e. The third kappa shape index (κ3) is 6.12. The Morgan fingerprint density at radius 1 is 1.00 bits per heavy atom. The molecule has 0 fully saturated rings. The van der Waals surface area contributed by atoms with Crippen LogP contribution in [0.1, 0.15) is 25.0 Å². The number of halogens is 1. The number of hydrogen-bond donors (Lipinski definition) is 2. The average molecular weight is 578 g/mol. The summed E-state index contributed by atoms with van der Waals surface area (Å²) in [5, 5.41) is 3.17. The van der Waals surface area contributed by atoms with Crippen LogP contribution in [0.25, 0.3) is 0 Å². The Kier molecular flexibility index (Phi) is 8.03. The highest BCUT2D eigenvalue weighted by Crippen LogP contribution is 2.35. The predicted octanol–water partition coefficient (Wildman–Crippen LogP) is 4.10. The lowest BCUT2D eigenvalue weighted by molar-refractivity contribution is -0.118. The number of carbonyl (C=O) groups is 1. The van der Waals surface area contributed by atoms with Gasteiger partial charge in [0.25, 0.3) is 15.9 Å². The number of amides is 1. The molecule has 9 nitrogen and oxygen atoms in total. The monoisotopic (exact) mass is 577 g/mol. The largest absolute Gasteiger partial charge is 0.483 e. The van der Waals surface area contributed by atoms with Gasteiger partial charge in [-0.05, 0) is 92.9 Å². The number of rotatable bonds is 9. The van der Waals surface area contributed by atoms with Crippen molar-refractivity contribution >= 4 is 48.9 Å². The van der Waals surface area contributed by atoms with Crippen LogP contribution in [0.15, 0.2) is 70.5 Å². The van der Waals surface area contributed by atoms with Crippen molar-refractivity contribution < 1.29 is 26.4 Å². The highest BCUT2D eigenvalue weighted by molar-refractivity contribution is 7.92. The molecule has 0 saturated heterocycles. The number of nitrogens with zero attached hydrogens (tertiary/aromatic N) is 1. The molecule has 0 bridgehead atoms. The van der Waals surface area contributed by atoms with Gasteiger partial charge in [0.2, 0.25) is 10.0 Å². The minimum Gasteiger partial charge on any atom is -0.483 e. The van der Waals surface area contributed by atoms with Crippen LogP contribution >= 0.6 is 11.6 Å². The van der Waals surface area contributed by atoms with E-state index in [0.29, 0.717) is 40.7 Å². The number of sulfonamides is 2. The zero-order chi connectivity index (χ0) is 27.7. The Morgan fingerprint density at radius 3 is 2.34 bits per heavy atom. The first kappa shape index (κ1) is 27.9. The molecular formula is C26H28ClN3O6S2. The topological polar surface area (TPSA) is 122 Å². The number of ether oxygens (including phenoxy) is 1. The van der Waals surface area contributed by atoms with E-state index in [1.807, 2.05) is 0 Å². The average Bonchev–Trinajstić information content (AvgIpc) is 3.27. The summed E-state index contributed by atoms with van der Waals surface area (Å²) in [6, 6.07) is 15.3. The molecule has 0 atom stereocenters. The second-order valence-electron chi connectivity index (χ2n) is 9.16. The molecule has 1 heterocycles. The molecular weight excluding hydrogens is 550 g/mol. The molecule has 3 aromatic rings. The van der Waals surface area contributed by atoms with E-state index in [2.05, 4.69) is 10.0 Å². The zero-order valence-corrected chi connectivity index (χ0v) is 23.5. The van der Waals surface area contributed by atoms with Gasteiger partial charge >= 0.3 is 0 Å². The lowest BCUT2D eigenvalue weighted by Gasteiger charge is -2.20. The number of hydrogen-bond acceptors (Lipinski definition) is 6. The van der Waals surface area contributed by atoms with E-state index in [1.165, 1.54) is 46.8 Å². The molecule has 2 N–H and O–H groups in total. The van der Waals surface area contributed by atoms with Crippen molar-refractivity contribution in [1.82, 2.24) is 4.72 Å². The van der Waals surface area contributed by atoms with Gasteiger partial charge in [0.05, 0.1) is 15.5 Å². The van der Waals surface area contributed by atoms with Gasteiger partial charge in [0, 0.05) is 23.3 Å². The van der Waals surface area contributed by atoms with Crippen LogP contribution in [0, 0.1) is 6.92 Å². The fraction of sp³-hybridized carbons (Fsp3) is 0.269. The van der Waals surface area contributed by atoms with E-state index >= 15 is 0 Å². The summed E-state index contributed by atoms with van der Waals surface area (Å²) in [6.07, 6.45) is 0.553. The van der Waals surface area contributed by atoms with Crippen LogP contribution in [-0.2, 0) is 31.3 Å². The number of carbonyl (C=O) groups excluding carboxylic acids is 1. The molecule has 1 aliphatic heterocycles. The van der Waals surface area contributed by atoms with Gasteiger partial charge in [0.1, 0.15) is 5.75 Å². The molecule has 0 aliphatic carbocycles. The molecule has 202 valence electrons. The fourth-order valence-corrected chi connectivity index (χ4v) is 7.04. The first-order valence-corrected chi connectivity index (χ1v) is 15.1. The van der Waals surface area contributed by atoms with Crippen molar-refractivity contribution in [2.24, 2.45) is 0 Å². The van der Waals surface area contributed by atoms with Gasteiger partial charge in [-0.3, -0.25) is 9.10 Å². The van der Waals surface area contributed by atoms with Gasteiger partial charge in [-0.2, -0.15) is 0 Å². The standard InChI is InChI=1S/C26H28ClN3O6S2/c1-17(2)29-37(32,33)23-10-11-25(18(3)14-23)36-16-26(31)28-21-7-4-19-12-13-30(24(19)15-21)38(34,35)22-8-5-20(27)6-9-22/h4-11,14-15,17,29H,12-13,16H2,1-3H3,(H,28,31). The highest BCUT2D eigenvalue weighted by Gasteiger charge is 2.31. The van der Waals surface area contributed by atoms with Crippen LogP contribution in [0.4, 0.5) is 11.4 Å². The molecule has 0 aromatic heterocycles. The molecule has 3 aromatic carbocycles. The Hall–Kier alpha value is -3.12. The maximum atomic E-state index is 13.2. The van der Waals surface area contributed by atoms with Crippen LogP contribution in [0.2, 0.25) is 5.02 Å². The van der Waals surface area contributed by atoms with E-state index in [0.717, 1.165) is 5.56 Å². The predicted molar refractivity (Wildman–Crippen MR) is 147 cm³/mol. The summed E-state index contributed by atoms with van der Waals surface area (Å²) in [7, 11) is -7.44. The molecule has 38 heavy (non-hydrogen) atoms. The van der Waals surface area contributed by atoms with Gasteiger partial charge in [-0.25, -0.2) is 21.6 Å². The Balaban J connectivity index is 1.43. The molecule has 0 spiro atoms. The van der Waals surface area contributed by atoms with Crippen LogP contribution in [0.3, 0.4) is 0 Å². The molecule has 1 amide bonds. The third-order valence-corrected chi connectivity index (χ3v) is 9.57. The number of aryl methyl sites for hydroxylation is 1.